The van der Waals surface area contributed by atoms with Crippen molar-refractivity contribution in [3.63, 3.8) is 0 Å². The fourth-order valence-corrected chi connectivity index (χ4v) is 3.78. The van der Waals surface area contributed by atoms with Crippen LogP contribution in [0.4, 0.5) is 0 Å². The first-order chi connectivity index (χ1) is 10.5. The maximum absolute atomic E-state index is 12.3. The van der Waals surface area contributed by atoms with E-state index in [-0.39, 0.29) is 29.9 Å². The number of piperazine rings is 2. The van der Waals surface area contributed by atoms with Crippen LogP contribution in [0, 0.1) is 0 Å². The molecule has 124 valence electrons. The Hall–Kier alpha value is -1.18. The Kier molecular flexibility index (Phi) is 4.65. The average Bonchev–Trinajstić information content (AvgIpc) is 2.90. The maximum Gasteiger partial charge on any atom is 0.237 e. The van der Waals surface area contributed by atoms with E-state index in [1.54, 1.807) is 0 Å². The van der Waals surface area contributed by atoms with Gasteiger partial charge in [-0.15, -0.1) is 0 Å². The second-order valence-corrected chi connectivity index (χ2v) is 6.83. The van der Waals surface area contributed by atoms with Crippen LogP contribution < -0.4 is 11.1 Å². The third kappa shape index (κ3) is 3.26. The molecule has 0 aromatic heterocycles. The highest BCUT2D eigenvalue weighted by Gasteiger charge is 2.42. The van der Waals surface area contributed by atoms with Crippen LogP contribution in [0.3, 0.4) is 0 Å². The van der Waals surface area contributed by atoms with Crippen molar-refractivity contribution in [1.29, 1.82) is 0 Å². The van der Waals surface area contributed by atoms with Gasteiger partial charge < -0.3 is 20.9 Å². The van der Waals surface area contributed by atoms with Gasteiger partial charge in [-0.2, -0.15) is 0 Å². The van der Waals surface area contributed by atoms with E-state index in [9.17, 15) is 9.59 Å². The first-order valence-corrected chi connectivity index (χ1v) is 8.30. The van der Waals surface area contributed by atoms with E-state index < -0.39 is 0 Å². The molecular formula is C15H27N5O2. The second kappa shape index (κ2) is 6.52. The summed E-state index contributed by atoms with van der Waals surface area (Å²) in [6.45, 7) is 4.97. The molecule has 3 rings (SSSR count). The standard InChI is InChI=1S/C15H27N5O2/c1-18-4-6-19(7-5-18)14(21)3-2-12-9-17-15(22)13-8-11(16)10-20(12)13/h11-13H,2-10,16H2,1H3,(H,17,22)/t11-,12+,13-/m0/s1. The number of carbonyl (C=O) groups excluding carboxylic acids is 2. The van der Waals surface area contributed by atoms with Crippen LogP contribution in [0.2, 0.25) is 0 Å². The van der Waals surface area contributed by atoms with Gasteiger partial charge in [0.25, 0.3) is 0 Å². The molecule has 3 aliphatic heterocycles. The van der Waals surface area contributed by atoms with Gasteiger partial charge in [0.2, 0.25) is 11.8 Å². The van der Waals surface area contributed by atoms with Gasteiger partial charge in [0.05, 0.1) is 6.04 Å². The number of nitrogens with two attached hydrogens (primary N) is 1. The van der Waals surface area contributed by atoms with Crippen molar-refractivity contribution in [2.24, 2.45) is 5.73 Å². The predicted molar refractivity (Wildman–Crippen MR) is 83.2 cm³/mol. The molecule has 0 unspecified atom stereocenters. The monoisotopic (exact) mass is 309 g/mol. The van der Waals surface area contributed by atoms with Crippen molar-refractivity contribution >= 4 is 11.8 Å². The van der Waals surface area contributed by atoms with Crippen molar-refractivity contribution < 1.29 is 9.59 Å². The summed E-state index contributed by atoms with van der Waals surface area (Å²) < 4.78 is 0. The fraction of sp³-hybridized carbons (Fsp3) is 0.867. The zero-order chi connectivity index (χ0) is 15.7. The second-order valence-electron chi connectivity index (χ2n) is 6.83. The van der Waals surface area contributed by atoms with E-state index in [2.05, 4.69) is 22.2 Å². The lowest BCUT2D eigenvalue weighted by Gasteiger charge is -2.38. The minimum atomic E-state index is -0.0903. The summed E-state index contributed by atoms with van der Waals surface area (Å²) in [6.07, 6.45) is 2.09. The van der Waals surface area contributed by atoms with Gasteiger partial charge in [0.1, 0.15) is 0 Å². The number of amides is 2. The summed E-state index contributed by atoms with van der Waals surface area (Å²) in [5, 5.41) is 2.97. The van der Waals surface area contributed by atoms with Crippen molar-refractivity contribution in [3.05, 3.63) is 0 Å². The molecule has 3 heterocycles. The van der Waals surface area contributed by atoms with Crippen LogP contribution in [0.15, 0.2) is 0 Å². The van der Waals surface area contributed by atoms with Crippen LogP contribution in [0.25, 0.3) is 0 Å². The van der Waals surface area contributed by atoms with E-state index in [1.807, 2.05) is 4.90 Å². The van der Waals surface area contributed by atoms with Gasteiger partial charge in [0, 0.05) is 57.8 Å². The quantitative estimate of drug-likeness (QED) is 0.659. The van der Waals surface area contributed by atoms with Crippen molar-refractivity contribution in [2.45, 2.75) is 37.4 Å². The van der Waals surface area contributed by atoms with E-state index in [1.165, 1.54) is 0 Å². The minimum absolute atomic E-state index is 0.0738. The largest absolute Gasteiger partial charge is 0.353 e. The molecule has 22 heavy (non-hydrogen) atoms. The molecule has 3 aliphatic rings. The number of hydrogen-bond acceptors (Lipinski definition) is 5. The van der Waals surface area contributed by atoms with Crippen molar-refractivity contribution in [2.75, 3.05) is 46.3 Å². The molecule has 3 atom stereocenters. The third-order valence-electron chi connectivity index (χ3n) is 5.20. The summed E-state index contributed by atoms with van der Waals surface area (Å²) in [5.74, 6) is 0.333. The van der Waals surface area contributed by atoms with Crippen molar-refractivity contribution in [1.82, 2.24) is 20.0 Å². The van der Waals surface area contributed by atoms with E-state index in [4.69, 9.17) is 5.73 Å². The van der Waals surface area contributed by atoms with Gasteiger partial charge in [-0.3, -0.25) is 14.5 Å². The molecule has 0 aromatic rings. The molecule has 0 spiro atoms. The number of rotatable bonds is 3. The lowest BCUT2D eigenvalue weighted by atomic mass is 10.0. The smallest absolute Gasteiger partial charge is 0.237 e. The summed E-state index contributed by atoms with van der Waals surface area (Å²) in [6, 6.07) is 0.227. The van der Waals surface area contributed by atoms with Crippen LogP contribution >= 0.6 is 0 Å². The van der Waals surface area contributed by atoms with Crippen LogP contribution in [0.5, 0.6) is 0 Å². The number of nitrogens with one attached hydrogen (secondary N) is 1. The molecule has 0 bridgehead atoms. The molecule has 7 nitrogen and oxygen atoms in total. The Morgan fingerprint density at radius 3 is 2.77 bits per heavy atom. The van der Waals surface area contributed by atoms with Gasteiger partial charge in [0.15, 0.2) is 0 Å². The highest BCUT2D eigenvalue weighted by atomic mass is 16.2. The van der Waals surface area contributed by atoms with E-state index in [0.717, 1.165) is 45.6 Å². The molecule has 0 saturated carbocycles. The highest BCUT2D eigenvalue weighted by molar-refractivity contribution is 5.83. The third-order valence-corrected chi connectivity index (χ3v) is 5.20. The Labute approximate surface area is 131 Å². The van der Waals surface area contributed by atoms with Crippen LogP contribution in [-0.4, -0.2) is 91.0 Å². The minimum Gasteiger partial charge on any atom is -0.353 e. The van der Waals surface area contributed by atoms with E-state index >= 15 is 0 Å². The summed E-state index contributed by atoms with van der Waals surface area (Å²) in [4.78, 5) is 30.7. The van der Waals surface area contributed by atoms with Gasteiger partial charge in [-0.05, 0) is 19.9 Å². The molecule has 3 saturated heterocycles. The molecule has 3 fully saturated rings. The Bertz CT molecular complexity index is 436. The van der Waals surface area contributed by atoms with Gasteiger partial charge in [-0.1, -0.05) is 0 Å². The molecule has 0 aromatic carbocycles. The van der Waals surface area contributed by atoms with Crippen LogP contribution in [0.1, 0.15) is 19.3 Å². The normalized spacial score (nSPS) is 33.6. The number of carbonyl (C=O) groups is 2. The summed E-state index contributed by atoms with van der Waals surface area (Å²) >= 11 is 0. The summed E-state index contributed by atoms with van der Waals surface area (Å²) in [7, 11) is 2.09. The first kappa shape index (κ1) is 15.7. The highest BCUT2D eigenvalue weighted by Crippen LogP contribution is 2.25. The molecule has 3 N–H and O–H groups in total. The first-order valence-electron chi connectivity index (χ1n) is 8.30. The molecule has 7 heteroatoms. The van der Waals surface area contributed by atoms with Crippen LogP contribution in [-0.2, 0) is 9.59 Å². The lowest BCUT2D eigenvalue weighted by molar-refractivity contribution is -0.133. The Morgan fingerprint density at radius 2 is 2.05 bits per heavy atom. The molecule has 0 radical (unpaired) electrons. The SMILES string of the molecule is CN1CCN(C(=O)CC[C@@H]2CNC(=O)[C@@H]3C[C@H](N)CN23)CC1. The average molecular weight is 309 g/mol. The number of likely N-dealkylation sites (N-methyl/N-ethyl adjacent to an activating group) is 1. The topological polar surface area (TPSA) is 81.9 Å². The number of fused-ring (bicyclic) bond motifs is 1. The van der Waals surface area contributed by atoms with Gasteiger partial charge in [-0.25, -0.2) is 0 Å². The summed E-state index contributed by atoms with van der Waals surface area (Å²) in [5.41, 5.74) is 6.00. The fourth-order valence-electron chi connectivity index (χ4n) is 3.78. The Morgan fingerprint density at radius 1 is 1.32 bits per heavy atom. The van der Waals surface area contributed by atoms with Gasteiger partial charge >= 0.3 is 0 Å². The molecule has 2 amide bonds. The zero-order valence-electron chi connectivity index (χ0n) is 13.3. The molecule has 0 aliphatic carbocycles. The predicted octanol–water partition coefficient (Wildman–Crippen LogP) is -1.56. The number of hydrogen-bond donors (Lipinski definition) is 2. The maximum atomic E-state index is 12.3. The lowest BCUT2D eigenvalue weighted by Crippen LogP contribution is -2.58. The Balaban J connectivity index is 1.50. The molecular weight excluding hydrogens is 282 g/mol. The van der Waals surface area contributed by atoms with Crippen molar-refractivity contribution in [3.8, 4) is 0 Å². The zero-order valence-corrected chi connectivity index (χ0v) is 13.3. The van der Waals surface area contributed by atoms with E-state index in [0.29, 0.717) is 13.0 Å². The number of nitrogens with zero attached hydrogens (tertiary/aromatic N) is 3.